The van der Waals surface area contributed by atoms with Gasteiger partial charge in [-0.2, -0.15) is 4.31 Å². The summed E-state index contributed by atoms with van der Waals surface area (Å²) in [7, 11) is -4.24. The number of piperazine rings is 1. The smallest absolute Gasteiger partial charge is 0.249 e. The van der Waals surface area contributed by atoms with E-state index in [1.807, 2.05) is 34.5 Å². The minimum Gasteiger partial charge on any atom is -0.345 e. The van der Waals surface area contributed by atoms with E-state index in [4.69, 9.17) is 0 Å². The third-order valence-corrected chi connectivity index (χ3v) is 7.98. The lowest BCUT2D eigenvalue weighted by molar-refractivity contribution is 0.378. The van der Waals surface area contributed by atoms with Crippen molar-refractivity contribution in [3.05, 3.63) is 64.0 Å². The Labute approximate surface area is 179 Å². The van der Waals surface area contributed by atoms with E-state index in [2.05, 4.69) is 20.9 Å². The Bertz CT molecular complexity index is 1130. The fraction of sp³-hybridized carbons (Fsp3) is 0.211. The van der Waals surface area contributed by atoms with Crippen molar-refractivity contribution >= 4 is 42.4 Å². The summed E-state index contributed by atoms with van der Waals surface area (Å²) in [5.41, 5.74) is 1.83. The van der Waals surface area contributed by atoms with Gasteiger partial charge < -0.3 is 4.90 Å². The summed E-state index contributed by atoms with van der Waals surface area (Å²) in [6.45, 7) is 1.03. The van der Waals surface area contributed by atoms with Gasteiger partial charge in [0.05, 0.1) is 5.69 Å². The average molecular weight is 500 g/mol. The second-order valence-electron chi connectivity index (χ2n) is 6.47. The first-order chi connectivity index (χ1) is 13.9. The van der Waals surface area contributed by atoms with Crippen LogP contribution in [0, 0.1) is 11.6 Å². The van der Waals surface area contributed by atoms with E-state index in [-0.39, 0.29) is 13.1 Å². The lowest BCUT2D eigenvalue weighted by Crippen LogP contribution is -2.49. The third-order valence-electron chi connectivity index (χ3n) is 4.64. The van der Waals surface area contributed by atoms with Crippen LogP contribution in [-0.4, -0.2) is 43.9 Å². The molecular weight excluding hydrogens is 484 g/mol. The third kappa shape index (κ3) is 4.07. The van der Waals surface area contributed by atoms with Crippen LogP contribution in [0.2, 0.25) is 0 Å². The molecular formula is C19H16BrF2N3O2S2. The Hall–Kier alpha value is -1.88. The van der Waals surface area contributed by atoms with Crippen LogP contribution in [0.1, 0.15) is 0 Å². The predicted molar refractivity (Wildman–Crippen MR) is 113 cm³/mol. The summed E-state index contributed by atoms with van der Waals surface area (Å²) in [4.78, 5) is 5.75. The van der Waals surface area contributed by atoms with Crippen molar-refractivity contribution in [1.29, 1.82) is 0 Å². The normalized spacial score (nSPS) is 15.6. The van der Waals surface area contributed by atoms with Crippen molar-refractivity contribution < 1.29 is 17.2 Å². The number of halogens is 3. The largest absolute Gasteiger partial charge is 0.345 e. The number of sulfonamides is 1. The van der Waals surface area contributed by atoms with Gasteiger partial charge in [0.1, 0.15) is 11.6 Å². The molecule has 152 valence electrons. The van der Waals surface area contributed by atoms with Crippen molar-refractivity contribution in [3.8, 4) is 11.3 Å². The van der Waals surface area contributed by atoms with Crippen LogP contribution in [0.5, 0.6) is 0 Å². The molecule has 1 aliphatic heterocycles. The highest BCUT2D eigenvalue weighted by atomic mass is 79.9. The van der Waals surface area contributed by atoms with Crippen LogP contribution in [0.4, 0.5) is 13.9 Å². The van der Waals surface area contributed by atoms with Gasteiger partial charge in [0.25, 0.3) is 0 Å². The summed E-state index contributed by atoms with van der Waals surface area (Å²) in [5.74, 6) is -2.16. The maximum Gasteiger partial charge on any atom is 0.249 e. The molecule has 0 radical (unpaired) electrons. The number of thiazole rings is 1. The quantitative estimate of drug-likeness (QED) is 0.535. The molecule has 4 rings (SSSR count). The summed E-state index contributed by atoms with van der Waals surface area (Å²) in [5, 5.41) is 2.74. The molecule has 2 heterocycles. The molecule has 0 bridgehead atoms. The van der Waals surface area contributed by atoms with Gasteiger partial charge in [0, 0.05) is 41.6 Å². The van der Waals surface area contributed by atoms with Crippen LogP contribution in [0.15, 0.2) is 57.2 Å². The maximum atomic E-state index is 14.0. The fourth-order valence-electron chi connectivity index (χ4n) is 3.17. The molecule has 29 heavy (non-hydrogen) atoms. The molecule has 1 aliphatic rings. The second kappa shape index (κ2) is 8.10. The zero-order chi connectivity index (χ0) is 20.6. The lowest BCUT2D eigenvalue weighted by Gasteiger charge is -2.33. The van der Waals surface area contributed by atoms with E-state index < -0.39 is 26.6 Å². The first kappa shape index (κ1) is 20.4. The number of nitrogens with zero attached hydrogens (tertiary/aromatic N) is 3. The minimum atomic E-state index is -4.24. The van der Waals surface area contributed by atoms with Crippen molar-refractivity contribution in [2.75, 3.05) is 31.1 Å². The van der Waals surface area contributed by atoms with Gasteiger partial charge in [-0.15, -0.1) is 11.3 Å². The lowest BCUT2D eigenvalue weighted by atomic mass is 10.2. The number of benzene rings is 2. The SMILES string of the molecule is O=S(=O)(c1c(F)cccc1F)N1CCN(c2nc(-c3cccc(Br)c3)cs2)CC1. The Balaban J connectivity index is 1.49. The highest BCUT2D eigenvalue weighted by molar-refractivity contribution is 9.10. The van der Waals surface area contributed by atoms with E-state index >= 15 is 0 Å². The molecule has 1 fully saturated rings. The van der Waals surface area contributed by atoms with Crippen molar-refractivity contribution in [3.63, 3.8) is 0 Å². The Morgan fingerprint density at radius 1 is 1.00 bits per heavy atom. The Kier molecular flexibility index (Phi) is 5.69. The van der Waals surface area contributed by atoms with Crippen molar-refractivity contribution in [2.24, 2.45) is 0 Å². The average Bonchev–Trinajstić information content (AvgIpc) is 3.18. The molecule has 2 aromatic carbocycles. The number of aromatic nitrogens is 1. The summed E-state index contributed by atoms with van der Waals surface area (Å²) >= 11 is 4.93. The molecule has 0 saturated carbocycles. The Morgan fingerprint density at radius 2 is 1.66 bits per heavy atom. The summed E-state index contributed by atoms with van der Waals surface area (Å²) < 4.78 is 55.4. The molecule has 0 atom stereocenters. The van der Waals surface area contributed by atoms with Crippen LogP contribution < -0.4 is 4.90 Å². The molecule has 0 unspecified atom stereocenters. The highest BCUT2D eigenvalue weighted by Gasteiger charge is 2.33. The number of hydrogen-bond donors (Lipinski definition) is 0. The molecule has 3 aromatic rings. The van der Waals surface area contributed by atoms with Gasteiger partial charge in [-0.25, -0.2) is 22.2 Å². The first-order valence-electron chi connectivity index (χ1n) is 8.77. The van der Waals surface area contributed by atoms with Gasteiger partial charge in [-0.1, -0.05) is 34.1 Å². The molecule has 0 N–H and O–H groups in total. The minimum absolute atomic E-state index is 0.127. The highest BCUT2D eigenvalue weighted by Crippen LogP contribution is 2.30. The van der Waals surface area contributed by atoms with E-state index in [0.717, 1.165) is 43.4 Å². The van der Waals surface area contributed by atoms with Crippen molar-refractivity contribution in [1.82, 2.24) is 9.29 Å². The predicted octanol–water partition coefficient (Wildman–Crippen LogP) is 4.36. The number of rotatable bonds is 4. The van der Waals surface area contributed by atoms with Gasteiger partial charge in [-0.3, -0.25) is 0 Å². The van der Waals surface area contributed by atoms with Crippen LogP contribution >= 0.6 is 27.3 Å². The van der Waals surface area contributed by atoms with Crippen molar-refractivity contribution in [2.45, 2.75) is 4.90 Å². The number of hydrogen-bond acceptors (Lipinski definition) is 5. The number of anilines is 1. The van der Waals surface area contributed by atoms with Crippen LogP contribution in [0.25, 0.3) is 11.3 Å². The zero-order valence-electron chi connectivity index (χ0n) is 15.1. The van der Waals surface area contributed by atoms with Gasteiger partial charge in [-0.05, 0) is 24.3 Å². The zero-order valence-corrected chi connectivity index (χ0v) is 18.3. The fourth-order valence-corrected chi connectivity index (χ4v) is 5.99. The molecule has 1 aromatic heterocycles. The van der Waals surface area contributed by atoms with E-state index in [0.29, 0.717) is 13.1 Å². The molecule has 0 spiro atoms. The van der Waals surface area contributed by atoms with E-state index in [1.165, 1.54) is 11.3 Å². The molecule has 1 saturated heterocycles. The Morgan fingerprint density at radius 3 is 2.31 bits per heavy atom. The van der Waals surface area contributed by atoms with Gasteiger partial charge in [0.2, 0.25) is 10.0 Å². The van der Waals surface area contributed by atoms with Gasteiger partial charge in [0.15, 0.2) is 10.0 Å². The molecule has 5 nitrogen and oxygen atoms in total. The topological polar surface area (TPSA) is 53.5 Å². The van der Waals surface area contributed by atoms with E-state index in [1.54, 1.807) is 0 Å². The monoisotopic (exact) mass is 499 g/mol. The summed E-state index contributed by atoms with van der Waals surface area (Å²) in [6.07, 6.45) is 0. The first-order valence-corrected chi connectivity index (χ1v) is 11.9. The van der Waals surface area contributed by atoms with Gasteiger partial charge >= 0.3 is 0 Å². The van der Waals surface area contributed by atoms with Crippen LogP contribution in [-0.2, 0) is 10.0 Å². The van der Waals surface area contributed by atoms with Crippen LogP contribution in [0.3, 0.4) is 0 Å². The molecule has 0 amide bonds. The molecule has 10 heteroatoms. The summed E-state index contributed by atoms with van der Waals surface area (Å²) in [6, 6.07) is 10.9. The standard InChI is InChI=1S/C19H16BrF2N3O2S2/c20-14-4-1-3-13(11-14)17-12-28-19(23-17)24-7-9-25(10-8-24)29(26,27)18-15(21)5-2-6-16(18)22/h1-6,11-12H,7-10H2. The molecule has 0 aliphatic carbocycles. The second-order valence-corrected chi connectivity index (χ2v) is 10.1. The maximum absolute atomic E-state index is 14.0. The van der Waals surface area contributed by atoms with E-state index in [9.17, 15) is 17.2 Å².